The van der Waals surface area contributed by atoms with E-state index >= 15 is 0 Å². The summed E-state index contributed by atoms with van der Waals surface area (Å²) in [5.41, 5.74) is 2.11. The Balaban J connectivity index is 1.69. The van der Waals surface area contributed by atoms with Crippen LogP contribution in [0.4, 0.5) is 0 Å². The first-order chi connectivity index (χ1) is 9.70. The molecule has 0 atom stereocenters. The summed E-state index contributed by atoms with van der Waals surface area (Å²) in [7, 11) is 0. The highest BCUT2D eigenvalue weighted by Gasteiger charge is 2.38. The van der Waals surface area contributed by atoms with Crippen LogP contribution >= 0.6 is 0 Å². The second-order valence-electron chi connectivity index (χ2n) is 5.52. The second kappa shape index (κ2) is 5.12. The van der Waals surface area contributed by atoms with E-state index in [0.29, 0.717) is 6.54 Å². The first kappa shape index (κ1) is 12.9. The normalized spacial score (nSPS) is 16.4. The highest BCUT2D eigenvalue weighted by molar-refractivity contribution is 5.91. The molecule has 20 heavy (non-hydrogen) atoms. The molecule has 0 spiro atoms. The number of rotatable bonds is 4. The quantitative estimate of drug-likeness (QED) is 0.929. The summed E-state index contributed by atoms with van der Waals surface area (Å²) in [5.74, 6) is 0.0952. The largest absolute Gasteiger partial charge is 0.351 e. The summed E-state index contributed by atoms with van der Waals surface area (Å²) in [6.45, 7) is 2.45. The van der Waals surface area contributed by atoms with Crippen LogP contribution in [0.3, 0.4) is 0 Å². The van der Waals surface area contributed by atoms with Crippen LogP contribution in [0, 0.1) is 6.92 Å². The Labute approximate surface area is 118 Å². The molecule has 2 aromatic rings. The third kappa shape index (κ3) is 2.33. The number of hydrogen-bond acceptors (Lipinski definition) is 3. The number of amides is 1. The number of aromatic nitrogens is 1. The Kier molecular flexibility index (Phi) is 3.30. The zero-order chi connectivity index (χ0) is 14.0. The van der Waals surface area contributed by atoms with E-state index in [4.69, 9.17) is 4.52 Å². The van der Waals surface area contributed by atoms with E-state index in [0.717, 1.165) is 18.5 Å². The van der Waals surface area contributed by atoms with E-state index in [1.807, 2.05) is 6.07 Å². The predicted octanol–water partition coefficient (Wildman–Crippen LogP) is 2.83. The zero-order valence-electron chi connectivity index (χ0n) is 11.6. The lowest BCUT2D eigenvalue weighted by atomic mass is 9.64. The molecular weight excluding hydrogens is 252 g/mol. The molecule has 4 heteroatoms. The Morgan fingerprint density at radius 2 is 2.10 bits per heavy atom. The van der Waals surface area contributed by atoms with Gasteiger partial charge in [-0.3, -0.25) is 4.79 Å². The van der Waals surface area contributed by atoms with Crippen molar-refractivity contribution in [2.45, 2.75) is 31.6 Å². The van der Waals surface area contributed by atoms with Gasteiger partial charge in [0.2, 0.25) is 5.76 Å². The van der Waals surface area contributed by atoms with Gasteiger partial charge in [-0.2, -0.15) is 0 Å². The topological polar surface area (TPSA) is 55.1 Å². The molecule has 1 aromatic carbocycles. The van der Waals surface area contributed by atoms with Crippen molar-refractivity contribution in [2.75, 3.05) is 6.54 Å². The van der Waals surface area contributed by atoms with Crippen molar-refractivity contribution in [1.29, 1.82) is 0 Å². The van der Waals surface area contributed by atoms with E-state index in [2.05, 4.69) is 34.7 Å². The number of aryl methyl sites for hydroxylation is 1. The van der Waals surface area contributed by atoms with Crippen LogP contribution < -0.4 is 5.32 Å². The molecular formula is C16H18N2O2. The van der Waals surface area contributed by atoms with Crippen molar-refractivity contribution in [3.63, 3.8) is 0 Å². The third-order valence-electron chi connectivity index (χ3n) is 4.14. The van der Waals surface area contributed by atoms with E-state index in [1.54, 1.807) is 13.0 Å². The summed E-state index contributed by atoms with van der Waals surface area (Å²) < 4.78 is 4.99. The molecule has 0 bridgehead atoms. The molecule has 1 heterocycles. The molecule has 4 nitrogen and oxygen atoms in total. The number of benzene rings is 1. The average molecular weight is 270 g/mol. The number of hydrogen-bond donors (Lipinski definition) is 1. The predicted molar refractivity (Wildman–Crippen MR) is 75.5 cm³/mol. The average Bonchev–Trinajstić information content (AvgIpc) is 2.85. The maximum Gasteiger partial charge on any atom is 0.289 e. The van der Waals surface area contributed by atoms with E-state index in [1.165, 1.54) is 12.0 Å². The van der Waals surface area contributed by atoms with Crippen molar-refractivity contribution in [3.8, 4) is 0 Å². The Hall–Kier alpha value is -2.10. The molecule has 1 saturated carbocycles. The molecule has 1 amide bonds. The van der Waals surface area contributed by atoms with E-state index in [-0.39, 0.29) is 17.1 Å². The van der Waals surface area contributed by atoms with Gasteiger partial charge in [-0.25, -0.2) is 0 Å². The van der Waals surface area contributed by atoms with Crippen LogP contribution in [0.25, 0.3) is 0 Å². The molecule has 0 aliphatic heterocycles. The summed E-state index contributed by atoms with van der Waals surface area (Å²) in [4.78, 5) is 12.0. The number of nitrogens with one attached hydrogen (secondary N) is 1. The van der Waals surface area contributed by atoms with Crippen molar-refractivity contribution >= 4 is 5.91 Å². The zero-order valence-corrected chi connectivity index (χ0v) is 11.6. The molecule has 0 radical (unpaired) electrons. The van der Waals surface area contributed by atoms with Crippen molar-refractivity contribution in [2.24, 2.45) is 0 Å². The van der Waals surface area contributed by atoms with Crippen molar-refractivity contribution < 1.29 is 9.32 Å². The van der Waals surface area contributed by atoms with Gasteiger partial charge in [0.05, 0.1) is 5.69 Å². The van der Waals surface area contributed by atoms with Gasteiger partial charge < -0.3 is 9.84 Å². The monoisotopic (exact) mass is 270 g/mol. The third-order valence-corrected chi connectivity index (χ3v) is 4.14. The van der Waals surface area contributed by atoms with Gasteiger partial charge in [0, 0.05) is 18.0 Å². The Morgan fingerprint density at radius 1 is 1.35 bits per heavy atom. The smallest absolute Gasteiger partial charge is 0.289 e. The Morgan fingerprint density at radius 3 is 2.65 bits per heavy atom. The molecule has 1 aromatic heterocycles. The molecule has 3 rings (SSSR count). The number of nitrogens with zero attached hydrogens (tertiary/aromatic N) is 1. The SMILES string of the molecule is Cc1cc(C(=O)NCC2(c3ccccc3)CCC2)on1. The first-order valence-corrected chi connectivity index (χ1v) is 6.97. The molecule has 104 valence electrons. The highest BCUT2D eigenvalue weighted by atomic mass is 16.5. The van der Waals surface area contributed by atoms with Gasteiger partial charge in [-0.1, -0.05) is 41.9 Å². The standard InChI is InChI=1S/C16H18N2O2/c1-12-10-14(20-18-12)15(19)17-11-16(8-5-9-16)13-6-3-2-4-7-13/h2-4,6-7,10H,5,8-9,11H2,1H3,(H,17,19). The first-order valence-electron chi connectivity index (χ1n) is 6.97. The summed E-state index contributed by atoms with van der Waals surface area (Å²) in [5, 5.41) is 6.72. The van der Waals surface area contributed by atoms with Crippen molar-refractivity contribution in [3.05, 3.63) is 53.4 Å². The van der Waals surface area contributed by atoms with Crippen molar-refractivity contribution in [1.82, 2.24) is 10.5 Å². The maximum absolute atomic E-state index is 12.0. The molecule has 0 saturated heterocycles. The van der Waals surface area contributed by atoms with Crippen LogP contribution in [-0.2, 0) is 5.41 Å². The molecule has 0 unspecified atom stereocenters. The summed E-state index contributed by atoms with van der Waals surface area (Å²) in [6.07, 6.45) is 3.45. The van der Waals surface area contributed by atoms with Crippen LogP contribution in [0.15, 0.2) is 40.9 Å². The molecule has 1 aliphatic rings. The summed E-state index contributed by atoms with van der Waals surface area (Å²) in [6, 6.07) is 12.1. The van der Waals surface area contributed by atoms with Gasteiger partial charge in [-0.05, 0) is 25.3 Å². The van der Waals surface area contributed by atoms with Crippen LogP contribution in [0.1, 0.15) is 41.1 Å². The Bertz CT molecular complexity index is 600. The fourth-order valence-electron chi connectivity index (χ4n) is 2.77. The minimum absolute atomic E-state index is 0.0893. The lowest BCUT2D eigenvalue weighted by Crippen LogP contribution is -2.45. The number of carbonyl (C=O) groups excluding carboxylic acids is 1. The second-order valence-corrected chi connectivity index (χ2v) is 5.52. The minimum Gasteiger partial charge on any atom is -0.351 e. The van der Waals surface area contributed by atoms with Crippen LogP contribution in [0.2, 0.25) is 0 Å². The lowest BCUT2D eigenvalue weighted by Gasteiger charge is -2.42. The molecule has 1 fully saturated rings. The van der Waals surface area contributed by atoms with Gasteiger partial charge in [0.25, 0.3) is 5.91 Å². The minimum atomic E-state index is -0.187. The van der Waals surface area contributed by atoms with Gasteiger partial charge in [-0.15, -0.1) is 0 Å². The number of carbonyl (C=O) groups is 1. The highest BCUT2D eigenvalue weighted by Crippen LogP contribution is 2.43. The molecule has 1 N–H and O–H groups in total. The van der Waals surface area contributed by atoms with E-state index in [9.17, 15) is 4.79 Å². The lowest BCUT2D eigenvalue weighted by molar-refractivity contribution is 0.0891. The van der Waals surface area contributed by atoms with Crippen LogP contribution in [-0.4, -0.2) is 17.6 Å². The van der Waals surface area contributed by atoms with Crippen LogP contribution in [0.5, 0.6) is 0 Å². The van der Waals surface area contributed by atoms with Gasteiger partial charge >= 0.3 is 0 Å². The van der Waals surface area contributed by atoms with Gasteiger partial charge in [0.15, 0.2) is 0 Å². The summed E-state index contributed by atoms with van der Waals surface area (Å²) >= 11 is 0. The fraction of sp³-hybridized carbons (Fsp3) is 0.375. The van der Waals surface area contributed by atoms with Gasteiger partial charge in [0.1, 0.15) is 0 Å². The fourth-order valence-corrected chi connectivity index (χ4v) is 2.77. The molecule has 1 aliphatic carbocycles. The van der Waals surface area contributed by atoms with E-state index < -0.39 is 0 Å². The maximum atomic E-state index is 12.0.